The molecule has 0 saturated carbocycles. The molecule has 0 bridgehead atoms. The number of rotatable bonds is 10. The first-order valence-corrected chi connectivity index (χ1v) is 15.7. The minimum Gasteiger partial charge on any atom is -0.440 e. The van der Waals surface area contributed by atoms with E-state index in [2.05, 4.69) is 19.4 Å². The third-order valence-corrected chi connectivity index (χ3v) is 8.26. The van der Waals surface area contributed by atoms with Crippen molar-refractivity contribution < 1.29 is 62.5 Å². The van der Waals surface area contributed by atoms with E-state index in [0.29, 0.717) is 6.20 Å². The number of hydrogen-bond donors (Lipinski definition) is 1. The van der Waals surface area contributed by atoms with Gasteiger partial charge in [0.1, 0.15) is 17.3 Å². The molecule has 0 atom stereocenters. The molecule has 0 spiro atoms. The van der Waals surface area contributed by atoms with Gasteiger partial charge in [-0.2, -0.15) is 30.7 Å². The van der Waals surface area contributed by atoms with Gasteiger partial charge in [-0.25, -0.2) is 22.8 Å². The van der Waals surface area contributed by atoms with Gasteiger partial charge in [0.05, 0.1) is 17.2 Å². The van der Waals surface area contributed by atoms with Crippen LogP contribution in [-0.2, 0) is 22.6 Å². The van der Waals surface area contributed by atoms with Gasteiger partial charge in [0, 0.05) is 36.1 Å². The number of benzene rings is 3. The standard InChI is InChI=1S/C31H23F8N3O6S/c1-14-40-26(31(37,38)39)12-42(14)22-6-4-16(18-9-21(32)20(13-43)25(11-18)49(3,44)45)8-19(22)27-28(46-15(2)41-27)17-5-7-23(47-29(33)34)24(10-17)48-30(35)36/h4-12,29-30,43H,13H2,1-3H3. The Hall–Kier alpha value is -4.97. The zero-order valence-corrected chi connectivity index (χ0v) is 26.1. The van der Waals surface area contributed by atoms with E-state index in [1.165, 1.54) is 32.0 Å². The zero-order valence-electron chi connectivity index (χ0n) is 25.3. The van der Waals surface area contributed by atoms with Crippen molar-refractivity contribution in [2.45, 2.75) is 44.7 Å². The number of aromatic nitrogens is 3. The third kappa shape index (κ3) is 7.39. The van der Waals surface area contributed by atoms with Gasteiger partial charge in [-0.15, -0.1) is 0 Å². The van der Waals surface area contributed by atoms with Crippen molar-refractivity contribution in [1.82, 2.24) is 14.5 Å². The van der Waals surface area contributed by atoms with Crippen LogP contribution < -0.4 is 9.47 Å². The van der Waals surface area contributed by atoms with Gasteiger partial charge < -0.3 is 23.6 Å². The molecule has 9 nitrogen and oxygen atoms in total. The fourth-order valence-corrected chi connectivity index (χ4v) is 6.02. The Labute approximate surface area is 272 Å². The van der Waals surface area contributed by atoms with Crippen LogP contribution >= 0.6 is 0 Å². The lowest BCUT2D eigenvalue weighted by Crippen LogP contribution is -2.07. The van der Waals surface area contributed by atoms with Gasteiger partial charge in [0.25, 0.3) is 0 Å². The molecule has 2 heterocycles. The van der Waals surface area contributed by atoms with Crippen LogP contribution in [0.1, 0.15) is 23.0 Å². The van der Waals surface area contributed by atoms with Crippen molar-refractivity contribution in [2.24, 2.45) is 0 Å². The summed E-state index contributed by atoms with van der Waals surface area (Å²) in [5, 5.41) is 9.63. The van der Waals surface area contributed by atoms with Crippen LogP contribution in [0, 0.1) is 19.7 Å². The normalized spacial score (nSPS) is 12.3. The van der Waals surface area contributed by atoms with Crippen LogP contribution in [0.15, 0.2) is 64.0 Å². The molecule has 49 heavy (non-hydrogen) atoms. The number of hydrogen-bond acceptors (Lipinski definition) is 8. The Morgan fingerprint density at radius 1 is 0.898 bits per heavy atom. The number of aliphatic hydroxyl groups excluding tert-OH is 1. The highest BCUT2D eigenvalue weighted by atomic mass is 32.2. The molecule has 1 N–H and O–H groups in total. The zero-order chi connectivity index (χ0) is 36.0. The first kappa shape index (κ1) is 35.3. The second kappa shape index (κ2) is 13.1. The maximum atomic E-state index is 15.1. The minimum atomic E-state index is -4.83. The number of aryl methyl sites for hydroxylation is 2. The number of ether oxygens (including phenoxy) is 2. The molecule has 0 saturated heterocycles. The van der Waals surface area contributed by atoms with E-state index in [9.17, 15) is 44.3 Å². The average Bonchev–Trinajstić information content (AvgIpc) is 3.59. The van der Waals surface area contributed by atoms with E-state index in [-0.39, 0.29) is 51.1 Å². The quantitative estimate of drug-likeness (QED) is 0.146. The molecular formula is C31H23F8N3O6S. The molecule has 5 rings (SSSR count). The molecule has 18 heteroatoms. The van der Waals surface area contributed by atoms with Crippen molar-refractivity contribution in [2.75, 3.05) is 6.26 Å². The fourth-order valence-electron chi connectivity index (χ4n) is 5.07. The molecule has 0 amide bonds. The highest BCUT2D eigenvalue weighted by molar-refractivity contribution is 7.90. The average molecular weight is 718 g/mol. The summed E-state index contributed by atoms with van der Waals surface area (Å²) in [6.45, 7) is -5.08. The first-order valence-electron chi connectivity index (χ1n) is 13.8. The molecule has 0 radical (unpaired) electrons. The minimum absolute atomic E-state index is 0.00959. The highest BCUT2D eigenvalue weighted by Gasteiger charge is 2.35. The van der Waals surface area contributed by atoms with Gasteiger partial charge in [-0.05, 0) is 60.5 Å². The molecule has 260 valence electrons. The molecule has 0 aliphatic heterocycles. The van der Waals surface area contributed by atoms with Gasteiger partial charge in [-0.3, -0.25) is 0 Å². The van der Waals surface area contributed by atoms with Gasteiger partial charge in [0.15, 0.2) is 38.7 Å². The summed E-state index contributed by atoms with van der Waals surface area (Å²) in [5.74, 6) is -2.91. The molecule has 2 aromatic heterocycles. The molecule has 5 aromatic rings. The summed E-state index contributed by atoms with van der Waals surface area (Å²) < 4.78 is 149. The van der Waals surface area contributed by atoms with Crippen molar-refractivity contribution in [1.29, 1.82) is 0 Å². The monoisotopic (exact) mass is 717 g/mol. The summed E-state index contributed by atoms with van der Waals surface area (Å²) >= 11 is 0. The van der Waals surface area contributed by atoms with Crippen LogP contribution in [0.4, 0.5) is 35.1 Å². The maximum absolute atomic E-state index is 15.1. The lowest BCUT2D eigenvalue weighted by atomic mass is 9.97. The Balaban J connectivity index is 1.79. The topological polar surface area (TPSA) is 117 Å². The number of oxazole rings is 1. The Bertz CT molecular complexity index is 2150. The van der Waals surface area contributed by atoms with Crippen LogP contribution in [0.2, 0.25) is 0 Å². The Morgan fingerprint density at radius 3 is 2.14 bits per heavy atom. The van der Waals surface area contributed by atoms with Gasteiger partial charge >= 0.3 is 19.4 Å². The van der Waals surface area contributed by atoms with Crippen LogP contribution in [0.3, 0.4) is 0 Å². The van der Waals surface area contributed by atoms with Gasteiger partial charge in [0.2, 0.25) is 0 Å². The highest BCUT2D eigenvalue weighted by Crippen LogP contribution is 2.42. The summed E-state index contributed by atoms with van der Waals surface area (Å²) in [5.41, 5.74) is -1.71. The van der Waals surface area contributed by atoms with Crippen molar-refractivity contribution in [3.8, 4) is 50.9 Å². The predicted octanol–water partition coefficient (Wildman–Crippen LogP) is 7.73. The Kier molecular flexibility index (Phi) is 9.48. The number of imidazole rings is 1. The van der Waals surface area contributed by atoms with Crippen LogP contribution in [-0.4, -0.2) is 47.5 Å². The third-order valence-electron chi connectivity index (χ3n) is 7.10. The predicted molar refractivity (Wildman–Crippen MR) is 157 cm³/mol. The molecule has 0 aliphatic rings. The molecule has 0 fully saturated rings. The first-order chi connectivity index (χ1) is 22.9. The fraction of sp³-hybridized carbons (Fsp3) is 0.226. The Morgan fingerprint density at radius 2 is 1.55 bits per heavy atom. The number of halogens is 8. The van der Waals surface area contributed by atoms with E-state index in [4.69, 9.17) is 4.42 Å². The smallest absolute Gasteiger partial charge is 0.434 e. The molecule has 0 unspecified atom stereocenters. The number of sulfone groups is 1. The SMILES string of the molecule is Cc1nc(-c2cc(-c3cc(F)c(CO)c(S(C)(=O)=O)c3)ccc2-n2cc(C(F)(F)F)nc2C)c(-c2ccc(OC(F)F)c(OC(F)F)c2)o1. The lowest BCUT2D eigenvalue weighted by Gasteiger charge is -2.16. The lowest BCUT2D eigenvalue weighted by molar-refractivity contribution is -0.141. The van der Waals surface area contributed by atoms with E-state index < -0.39 is 69.3 Å². The van der Waals surface area contributed by atoms with E-state index >= 15 is 4.39 Å². The molecule has 0 aliphatic carbocycles. The van der Waals surface area contributed by atoms with E-state index in [0.717, 1.165) is 41.2 Å². The van der Waals surface area contributed by atoms with E-state index in [1.54, 1.807) is 0 Å². The summed E-state index contributed by atoms with van der Waals surface area (Å²) in [6.07, 6.45) is -3.31. The van der Waals surface area contributed by atoms with Gasteiger partial charge in [-0.1, -0.05) is 6.07 Å². The second-order valence-electron chi connectivity index (χ2n) is 10.5. The maximum Gasteiger partial charge on any atom is 0.434 e. The number of alkyl halides is 7. The largest absolute Gasteiger partial charge is 0.440 e. The summed E-state index contributed by atoms with van der Waals surface area (Å²) in [6, 6.07) is 9.07. The summed E-state index contributed by atoms with van der Waals surface area (Å²) in [7, 11) is -4.06. The number of aliphatic hydroxyl groups is 1. The molecular weight excluding hydrogens is 694 g/mol. The molecule has 3 aromatic carbocycles. The van der Waals surface area contributed by atoms with Crippen molar-refractivity contribution in [3.63, 3.8) is 0 Å². The van der Waals surface area contributed by atoms with Crippen LogP contribution in [0.25, 0.3) is 39.4 Å². The van der Waals surface area contributed by atoms with Crippen molar-refractivity contribution >= 4 is 9.84 Å². The number of nitrogens with zero attached hydrogens (tertiary/aromatic N) is 3. The second-order valence-corrected chi connectivity index (χ2v) is 12.5. The van der Waals surface area contributed by atoms with Crippen molar-refractivity contribution in [3.05, 3.63) is 83.5 Å². The van der Waals surface area contributed by atoms with E-state index in [1.807, 2.05) is 0 Å². The van der Waals surface area contributed by atoms with Crippen LogP contribution in [0.5, 0.6) is 11.5 Å². The summed E-state index contributed by atoms with van der Waals surface area (Å²) in [4.78, 5) is 7.45.